The molecule has 0 aromatic heterocycles. The monoisotopic (exact) mass is 1570 g/mol. The van der Waals surface area contributed by atoms with Crippen LogP contribution in [0.15, 0.2) is 250 Å². The van der Waals surface area contributed by atoms with Crippen LogP contribution in [0.2, 0.25) is 0 Å². The third-order valence-electron chi connectivity index (χ3n) is 19.4. The molecular formula is C96H138N2O8S4. The van der Waals surface area contributed by atoms with Crippen LogP contribution in [0.1, 0.15) is 232 Å². The predicted molar refractivity (Wildman–Crippen MR) is 472 cm³/mol. The Labute approximate surface area is 677 Å². The Morgan fingerprint density at radius 1 is 0.491 bits per heavy atom. The van der Waals surface area contributed by atoms with E-state index in [1.807, 2.05) is 111 Å². The number of aryl methyl sites for hydroxylation is 1. The molecule has 110 heavy (non-hydrogen) atoms. The number of carbonyl (C=O) groups is 1. The number of rotatable bonds is 29. The molecule has 2 heterocycles. The molecule has 3 fully saturated rings. The number of hydrogen-bond donors (Lipinski definition) is 0. The molecule has 1 amide bonds. The zero-order valence-corrected chi connectivity index (χ0v) is 72.6. The van der Waals surface area contributed by atoms with Gasteiger partial charge in [-0.25, -0.2) is 16.8 Å². The van der Waals surface area contributed by atoms with Crippen molar-refractivity contribution in [2.24, 2.45) is 11.3 Å². The van der Waals surface area contributed by atoms with Crippen molar-refractivity contribution in [3.05, 3.63) is 253 Å². The Morgan fingerprint density at radius 2 is 0.927 bits per heavy atom. The molecule has 0 N–H and O–H groups in total. The van der Waals surface area contributed by atoms with Gasteiger partial charge in [0.15, 0.2) is 25.5 Å². The number of methoxy groups -OCH3 is 1. The Kier molecular flexibility index (Phi) is 49.2. The first kappa shape index (κ1) is 95.7. The molecule has 10 nitrogen and oxygen atoms in total. The summed E-state index contributed by atoms with van der Waals surface area (Å²) in [4.78, 5) is 19.2. The zero-order valence-electron chi connectivity index (χ0n) is 69.3. The van der Waals surface area contributed by atoms with Gasteiger partial charge in [0.2, 0.25) is 5.91 Å². The molecule has 8 aromatic rings. The van der Waals surface area contributed by atoms with E-state index in [4.69, 9.17) is 14.2 Å². The molecule has 0 unspecified atom stereocenters. The van der Waals surface area contributed by atoms with Crippen LogP contribution >= 0.6 is 23.5 Å². The first-order valence-electron chi connectivity index (χ1n) is 41.2. The van der Waals surface area contributed by atoms with E-state index >= 15 is 0 Å². The van der Waals surface area contributed by atoms with Crippen LogP contribution in [0.5, 0.6) is 5.75 Å². The van der Waals surface area contributed by atoms with Crippen molar-refractivity contribution in [3.8, 4) is 5.75 Å². The number of unbranched alkanes of at least 4 members (excludes halogenated alkanes) is 7. The van der Waals surface area contributed by atoms with Gasteiger partial charge in [0.05, 0.1) is 41.6 Å². The molecule has 604 valence electrons. The van der Waals surface area contributed by atoms with Crippen molar-refractivity contribution in [1.29, 1.82) is 0 Å². The summed E-state index contributed by atoms with van der Waals surface area (Å²) < 4.78 is 64.2. The molecule has 1 aliphatic carbocycles. The third-order valence-corrected chi connectivity index (χ3v) is 25.2. The second kappa shape index (κ2) is 56.5. The van der Waals surface area contributed by atoms with Crippen molar-refractivity contribution >= 4 is 54.8 Å². The highest BCUT2D eigenvalue weighted by atomic mass is 32.2. The van der Waals surface area contributed by atoms with Crippen molar-refractivity contribution in [2.75, 3.05) is 68.4 Å². The maximum atomic E-state index is 11.7. The lowest BCUT2D eigenvalue weighted by atomic mass is 9.79. The minimum atomic E-state index is -3.03. The molecule has 2 saturated heterocycles. The van der Waals surface area contributed by atoms with Gasteiger partial charge < -0.3 is 24.0 Å². The van der Waals surface area contributed by atoms with Gasteiger partial charge >= 0.3 is 0 Å². The number of benzene rings is 8. The normalized spacial score (nSPS) is 15.4. The molecule has 1 saturated carbocycles. The maximum absolute atomic E-state index is 11.7. The number of nitrogens with zero attached hydrogens (tertiary/aromatic N) is 2. The van der Waals surface area contributed by atoms with Crippen LogP contribution in [0, 0.1) is 11.3 Å². The third kappa shape index (κ3) is 39.7. The van der Waals surface area contributed by atoms with Gasteiger partial charge in [0, 0.05) is 66.0 Å². The molecule has 0 radical (unpaired) electrons. The summed E-state index contributed by atoms with van der Waals surface area (Å²) in [6, 6.07) is 76.5. The predicted octanol–water partition coefficient (Wildman–Crippen LogP) is 25.8. The summed E-state index contributed by atoms with van der Waals surface area (Å²) in [6.45, 7) is 26.1. The van der Waals surface area contributed by atoms with Crippen molar-refractivity contribution < 1.29 is 35.8 Å². The summed E-state index contributed by atoms with van der Waals surface area (Å²) in [7, 11) is -2.54. The van der Waals surface area contributed by atoms with E-state index in [2.05, 4.69) is 176 Å². The van der Waals surface area contributed by atoms with Crippen molar-refractivity contribution in [2.45, 2.75) is 248 Å². The SMILES string of the molecule is CC1CCC(c2ccccc2)CC1.CCC(=O)N(C)Cc1ccccc1.CCCCC1(c2ccc(OC)cc2)OCC(C)(C)CO1.CCCCCS(=O)(=O)c1ccccc1.CCCCCSc1ccccc1.CCCCS(=O)(=O)c1ccccc1.CCCCSc1ccccc1.CCc1ccc(N2CCCCC2)cc1. The Hall–Kier alpha value is -6.65. The summed E-state index contributed by atoms with van der Waals surface area (Å²) in [5.41, 5.74) is 6.73. The van der Waals surface area contributed by atoms with Crippen LogP contribution in [0.3, 0.4) is 0 Å². The smallest absolute Gasteiger partial charge is 0.222 e. The van der Waals surface area contributed by atoms with Crippen LogP contribution < -0.4 is 9.64 Å². The molecule has 14 heteroatoms. The first-order chi connectivity index (χ1) is 53.2. The lowest BCUT2D eigenvalue weighted by molar-refractivity contribution is -0.311. The average molecular weight is 1580 g/mol. The van der Waals surface area contributed by atoms with Crippen molar-refractivity contribution in [3.63, 3.8) is 0 Å². The van der Waals surface area contributed by atoms with Gasteiger partial charge in [-0.1, -0.05) is 273 Å². The van der Waals surface area contributed by atoms with E-state index in [9.17, 15) is 21.6 Å². The average Bonchev–Trinajstić information content (AvgIpc) is 0.784. The molecular weight excluding hydrogens is 1440 g/mol. The second-order valence-electron chi connectivity index (χ2n) is 29.6. The number of hydrogen-bond acceptors (Lipinski definition) is 11. The fraction of sp³-hybridized carbons (Fsp3) is 0.490. The summed E-state index contributed by atoms with van der Waals surface area (Å²) in [6.07, 6.45) is 25.6. The molecule has 8 aromatic carbocycles. The van der Waals surface area contributed by atoms with E-state index in [0.717, 1.165) is 94.1 Å². The van der Waals surface area contributed by atoms with Crippen LogP contribution in [-0.2, 0) is 52.7 Å². The van der Waals surface area contributed by atoms with Gasteiger partial charge in [0.1, 0.15) is 5.75 Å². The van der Waals surface area contributed by atoms with Crippen LogP contribution in [0.25, 0.3) is 0 Å². The number of thioether (sulfide) groups is 2. The highest BCUT2D eigenvalue weighted by Gasteiger charge is 2.41. The number of anilines is 1. The minimum absolute atomic E-state index is 0.0855. The molecule has 0 atom stereocenters. The van der Waals surface area contributed by atoms with E-state index in [0.29, 0.717) is 22.8 Å². The summed E-state index contributed by atoms with van der Waals surface area (Å²) in [5, 5.41) is 0. The van der Waals surface area contributed by atoms with Crippen LogP contribution in [-0.4, -0.2) is 91.1 Å². The van der Waals surface area contributed by atoms with Gasteiger partial charge in [-0.15, -0.1) is 23.5 Å². The van der Waals surface area contributed by atoms with Gasteiger partial charge in [-0.05, 0) is 196 Å². The second-order valence-corrected chi connectivity index (χ2v) is 36.1. The highest BCUT2D eigenvalue weighted by Crippen LogP contribution is 2.41. The number of ether oxygens (including phenoxy) is 3. The number of piperidine rings is 1. The molecule has 3 aliphatic rings. The fourth-order valence-electron chi connectivity index (χ4n) is 12.3. The summed E-state index contributed by atoms with van der Waals surface area (Å²) in [5.74, 6) is 5.30. The Morgan fingerprint density at radius 3 is 1.38 bits per heavy atom. The molecule has 0 bridgehead atoms. The lowest BCUT2D eigenvalue weighted by Crippen LogP contribution is -2.45. The van der Waals surface area contributed by atoms with Crippen LogP contribution in [0.4, 0.5) is 5.69 Å². The van der Waals surface area contributed by atoms with Gasteiger partial charge in [-0.2, -0.15) is 0 Å². The number of amides is 1. The number of carbonyl (C=O) groups excluding carboxylic acids is 1. The largest absolute Gasteiger partial charge is 0.497 e. The standard InChI is InChI=1S/C17H26O3.C13H19N.C13H18.C11H15NO.C11H16O2S.C11H16S.C10H14O2S.C10H14S/c1-5-6-11-17(19-12-16(2,3)13-20-17)14-7-9-15(18-4)10-8-14;1-2-12-6-8-13(9-7-12)14-10-4-3-5-11-14;1-11-7-9-13(10-8-11)12-5-3-2-4-6-12;1-3-11(13)12(2)9-10-7-5-4-6-8-10;1-2-3-7-10-14(12,13)11-8-5-4-6-9-11;1-2-3-7-10-12-11-8-5-4-6-9-11;1-2-3-9-13(11,12)10-7-5-4-6-8-10;1-2-3-9-11-10-7-5-4-6-8-10/h7-10H,5-6,11-13H2,1-4H3;6-9H,2-5,10-11H2,1H3;2-6,11,13H,7-10H2,1H3;4-8H,3,9H2,1-2H3;4-6,8-9H,2-3,7,10H2,1H3;4-6,8-9H,2-3,7,10H2,1H3;4-8H,2-3,9H2,1H3;4-8H,2-3,9H2,1H3. The zero-order chi connectivity index (χ0) is 80.0. The Balaban J connectivity index is 0.000000267. The molecule has 11 rings (SSSR count). The first-order valence-corrected chi connectivity index (χ1v) is 46.5. The number of sulfone groups is 2. The highest BCUT2D eigenvalue weighted by molar-refractivity contribution is 7.99. The van der Waals surface area contributed by atoms with E-state index in [-0.39, 0.29) is 22.8 Å². The Bertz CT molecular complexity index is 3780. The lowest BCUT2D eigenvalue weighted by Gasteiger charge is -2.44. The minimum Gasteiger partial charge on any atom is -0.497 e. The van der Waals surface area contributed by atoms with Gasteiger partial charge in [-0.3, -0.25) is 4.79 Å². The maximum Gasteiger partial charge on any atom is 0.222 e. The van der Waals surface area contributed by atoms with E-state index < -0.39 is 25.5 Å². The molecule has 0 spiro atoms. The topological polar surface area (TPSA) is 120 Å². The van der Waals surface area contributed by atoms with Gasteiger partial charge in [0.25, 0.3) is 0 Å². The van der Waals surface area contributed by atoms with E-state index in [1.165, 1.54) is 128 Å². The van der Waals surface area contributed by atoms with E-state index in [1.54, 1.807) is 66.1 Å². The fourth-order valence-corrected chi connectivity index (χ4v) is 17.1. The molecule has 2 aliphatic heterocycles. The van der Waals surface area contributed by atoms with Crippen molar-refractivity contribution in [1.82, 2.24) is 4.90 Å². The summed E-state index contributed by atoms with van der Waals surface area (Å²) >= 11 is 3.91. The quantitative estimate of drug-likeness (QED) is 0.0329.